The van der Waals surface area contributed by atoms with Crippen LogP contribution in [-0.2, 0) is 11.2 Å². The minimum Gasteiger partial charge on any atom is -0.354 e. The highest BCUT2D eigenvalue weighted by molar-refractivity contribution is 6.33. The van der Waals surface area contributed by atoms with Gasteiger partial charge in [0.1, 0.15) is 0 Å². The van der Waals surface area contributed by atoms with Crippen molar-refractivity contribution in [3.05, 3.63) is 35.2 Å². The summed E-state index contributed by atoms with van der Waals surface area (Å²) in [7, 11) is 0. The van der Waals surface area contributed by atoms with Crippen LogP contribution in [0.1, 0.15) is 32.6 Å². The van der Waals surface area contributed by atoms with Gasteiger partial charge in [-0.15, -0.1) is 0 Å². The Labute approximate surface area is 128 Å². The first-order valence-corrected chi connectivity index (χ1v) is 7.31. The van der Waals surface area contributed by atoms with Gasteiger partial charge in [-0.1, -0.05) is 28.9 Å². The Kier molecular flexibility index (Phi) is 5.33. The minimum absolute atomic E-state index is 0.0378. The van der Waals surface area contributed by atoms with Crippen LogP contribution in [0.15, 0.2) is 28.8 Å². The highest BCUT2D eigenvalue weighted by atomic mass is 35.5. The van der Waals surface area contributed by atoms with Crippen LogP contribution in [0, 0.1) is 0 Å². The Morgan fingerprint density at radius 2 is 2.14 bits per heavy atom. The zero-order valence-corrected chi connectivity index (χ0v) is 12.9. The number of amides is 1. The number of carbonyl (C=O) groups is 1. The molecule has 2 aromatic rings. The fourth-order valence-electron chi connectivity index (χ4n) is 1.90. The van der Waals surface area contributed by atoms with E-state index in [2.05, 4.69) is 15.5 Å². The maximum atomic E-state index is 11.5. The van der Waals surface area contributed by atoms with Crippen LogP contribution in [0.4, 0.5) is 0 Å². The highest BCUT2D eigenvalue weighted by Gasteiger charge is 2.12. The summed E-state index contributed by atoms with van der Waals surface area (Å²) in [5.41, 5.74) is 0.742. The highest BCUT2D eigenvalue weighted by Crippen LogP contribution is 2.25. The van der Waals surface area contributed by atoms with Crippen molar-refractivity contribution in [3.8, 4) is 11.4 Å². The topological polar surface area (TPSA) is 68.0 Å². The summed E-state index contributed by atoms with van der Waals surface area (Å²) in [4.78, 5) is 15.8. The van der Waals surface area contributed by atoms with Crippen molar-refractivity contribution in [2.45, 2.75) is 39.2 Å². The average Bonchev–Trinajstić information content (AvgIpc) is 2.87. The first-order valence-electron chi connectivity index (χ1n) is 6.93. The van der Waals surface area contributed by atoms with E-state index in [1.54, 1.807) is 6.07 Å². The van der Waals surface area contributed by atoms with Crippen LogP contribution < -0.4 is 5.32 Å². The van der Waals surface area contributed by atoms with Crippen molar-refractivity contribution in [3.63, 3.8) is 0 Å². The molecule has 0 bridgehead atoms. The second-order valence-corrected chi connectivity index (χ2v) is 5.47. The number of carbonyl (C=O) groups excluding carboxylic acids is 1. The van der Waals surface area contributed by atoms with E-state index in [1.165, 1.54) is 0 Å². The summed E-state index contributed by atoms with van der Waals surface area (Å²) >= 11 is 6.09. The van der Waals surface area contributed by atoms with E-state index in [0.717, 1.165) is 5.56 Å². The first-order chi connectivity index (χ1) is 10.1. The van der Waals surface area contributed by atoms with Gasteiger partial charge in [0.15, 0.2) is 0 Å². The monoisotopic (exact) mass is 307 g/mol. The predicted molar refractivity (Wildman–Crippen MR) is 81.0 cm³/mol. The van der Waals surface area contributed by atoms with Crippen LogP contribution in [0.25, 0.3) is 11.4 Å². The smallest absolute Gasteiger partial charge is 0.226 e. The zero-order chi connectivity index (χ0) is 15.2. The number of benzene rings is 1. The number of nitrogens with one attached hydrogen (secondary N) is 1. The molecule has 21 heavy (non-hydrogen) atoms. The molecule has 0 radical (unpaired) electrons. The summed E-state index contributed by atoms with van der Waals surface area (Å²) in [5.74, 6) is 1.03. The molecule has 0 aliphatic carbocycles. The average molecular weight is 308 g/mol. The molecule has 0 fully saturated rings. The van der Waals surface area contributed by atoms with Gasteiger partial charge in [-0.05, 0) is 32.4 Å². The Bertz CT molecular complexity index is 610. The SMILES string of the molecule is CC(C)NC(=O)CCCc1nc(-c2ccccc2Cl)no1. The lowest BCUT2D eigenvalue weighted by Gasteiger charge is -2.06. The maximum Gasteiger partial charge on any atom is 0.226 e. The fourth-order valence-corrected chi connectivity index (χ4v) is 2.12. The number of hydrogen-bond donors (Lipinski definition) is 1. The summed E-state index contributed by atoms with van der Waals surface area (Å²) < 4.78 is 5.19. The van der Waals surface area contributed by atoms with Crippen molar-refractivity contribution in [1.82, 2.24) is 15.5 Å². The largest absolute Gasteiger partial charge is 0.354 e. The van der Waals surface area contributed by atoms with E-state index in [4.69, 9.17) is 16.1 Å². The molecule has 1 heterocycles. The predicted octanol–water partition coefficient (Wildman–Crippen LogP) is 3.24. The molecule has 1 N–H and O–H groups in total. The molecule has 0 spiro atoms. The van der Waals surface area contributed by atoms with E-state index in [9.17, 15) is 4.79 Å². The lowest BCUT2D eigenvalue weighted by molar-refractivity contribution is -0.121. The summed E-state index contributed by atoms with van der Waals surface area (Å²) in [6.07, 6.45) is 1.69. The summed E-state index contributed by atoms with van der Waals surface area (Å²) in [6, 6.07) is 7.50. The second-order valence-electron chi connectivity index (χ2n) is 5.07. The van der Waals surface area contributed by atoms with Gasteiger partial charge >= 0.3 is 0 Å². The molecule has 5 nitrogen and oxygen atoms in total. The molecule has 1 amide bonds. The van der Waals surface area contributed by atoms with Crippen LogP contribution >= 0.6 is 11.6 Å². The van der Waals surface area contributed by atoms with E-state index in [1.807, 2.05) is 32.0 Å². The van der Waals surface area contributed by atoms with Crippen LogP contribution in [-0.4, -0.2) is 22.1 Å². The summed E-state index contributed by atoms with van der Waals surface area (Å²) in [6.45, 7) is 3.87. The molecule has 0 saturated carbocycles. The molecule has 0 aliphatic rings. The van der Waals surface area contributed by atoms with Crippen LogP contribution in [0.2, 0.25) is 5.02 Å². The number of aryl methyl sites for hydroxylation is 1. The van der Waals surface area contributed by atoms with E-state index >= 15 is 0 Å². The van der Waals surface area contributed by atoms with Crippen molar-refractivity contribution in [1.29, 1.82) is 0 Å². The molecule has 0 atom stereocenters. The number of aromatic nitrogens is 2. The van der Waals surface area contributed by atoms with Gasteiger partial charge in [0, 0.05) is 24.4 Å². The van der Waals surface area contributed by atoms with Gasteiger partial charge in [-0.2, -0.15) is 4.98 Å². The summed E-state index contributed by atoms with van der Waals surface area (Å²) in [5, 5.41) is 7.35. The second kappa shape index (κ2) is 7.22. The molecule has 1 aromatic carbocycles. The molecule has 0 unspecified atom stereocenters. The minimum atomic E-state index is 0.0378. The zero-order valence-electron chi connectivity index (χ0n) is 12.1. The van der Waals surface area contributed by atoms with Crippen LogP contribution in [0.5, 0.6) is 0 Å². The Morgan fingerprint density at radius 3 is 2.86 bits per heavy atom. The molecule has 2 rings (SSSR count). The van der Waals surface area contributed by atoms with E-state index in [0.29, 0.717) is 36.0 Å². The fraction of sp³-hybridized carbons (Fsp3) is 0.400. The van der Waals surface area contributed by atoms with E-state index < -0.39 is 0 Å². The van der Waals surface area contributed by atoms with Gasteiger partial charge in [0.2, 0.25) is 17.6 Å². The van der Waals surface area contributed by atoms with Gasteiger partial charge in [0.05, 0.1) is 5.02 Å². The third-order valence-electron chi connectivity index (χ3n) is 2.83. The van der Waals surface area contributed by atoms with Crippen LogP contribution in [0.3, 0.4) is 0 Å². The molecule has 6 heteroatoms. The molecule has 0 saturated heterocycles. The van der Waals surface area contributed by atoms with Gasteiger partial charge < -0.3 is 9.84 Å². The van der Waals surface area contributed by atoms with Crippen molar-refractivity contribution < 1.29 is 9.32 Å². The molecular formula is C15H18ClN3O2. The number of halogens is 1. The number of nitrogens with zero attached hydrogens (tertiary/aromatic N) is 2. The Balaban J connectivity index is 1.89. The first kappa shape index (κ1) is 15.5. The van der Waals surface area contributed by atoms with E-state index in [-0.39, 0.29) is 11.9 Å². The molecule has 112 valence electrons. The quantitative estimate of drug-likeness (QED) is 0.889. The Hall–Kier alpha value is -1.88. The number of hydrogen-bond acceptors (Lipinski definition) is 4. The van der Waals surface area contributed by atoms with Crippen molar-refractivity contribution in [2.24, 2.45) is 0 Å². The normalized spacial score (nSPS) is 10.9. The number of rotatable bonds is 6. The van der Waals surface area contributed by atoms with Gasteiger partial charge in [-0.25, -0.2) is 0 Å². The Morgan fingerprint density at radius 1 is 1.38 bits per heavy atom. The van der Waals surface area contributed by atoms with Crippen molar-refractivity contribution in [2.75, 3.05) is 0 Å². The lowest BCUT2D eigenvalue weighted by atomic mass is 10.2. The molecule has 1 aromatic heterocycles. The third kappa shape index (κ3) is 4.56. The van der Waals surface area contributed by atoms with Gasteiger partial charge in [0.25, 0.3) is 0 Å². The van der Waals surface area contributed by atoms with Gasteiger partial charge in [-0.3, -0.25) is 4.79 Å². The molecule has 0 aliphatic heterocycles. The lowest BCUT2D eigenvalue weighted by Crippen LogP contribution is -2.29. The van der Waals surface area contributed by atoms with Crippen molar-refractivity contribution >= 4 is 17.5 Å². The molecular weight excluding hydrogens is 290 g/mol. The maximum absolute atomic E-state index is 11.5. The standard InChI is InChI=1S/C15H18ClN3O2/c1-10(2)17-13(20)8-5-9-14-18-15(19-21-14)11-6-3-4-7-12(11)16/h3-4,6-7,10H,5,8-9H2,1-2H3,(H,17,20). The third-order valence-corrected chi connectivity index (χ3v) is 3.16.